The Morgan fingerprint density at radius 3 is 2.36 bits per heavy atom. The van der Waals surface area contributed by atoms with Gasteiger partial charge in [0.25, 0.3) is 0 Å². The van der Waals surface area contributed by atoms with Crippen molar-refractivity contribution in [3.63, 3.8) is 0 Å². The number of amides is 2. The Kier molecular flexibility index (Phi) is 6.64. The molecule has 1 aromatic carbocycles. The first-order valence-corrected chi connectivity index (χ1v) is 9.96. The number of carbonyl (C=O) groups is 1. The molecular weight excluding hydrogens is 380 g/mol. The number of anilines is 1. The van der Waals surface area contributed by atoms with Crippen LogP contribution in [-0.2, 0) is 10.2 Å². The van der Waals surface area contributed by atoms with Crippen LogP contribution in [0.2, 0.25) is 0 Å². The Bertz CT molecular complexity index is 763. The average molecular weight is 407 g/mol. The fourth-order valence-electron chi connectivity index (χ4n) is 3.43. The predicted molar refractivity (Wildman–Crippen MR) is 109 cm³/mol. The van der Waals surface area contributed by atoms with Crippen LogP contribution in [-0.4, -0.2) is 47.1 Å². The molecule has 0 unspecified atom stereocenters. The van der Waals surface area contributed by atoms with Gasteiger partial charge in [0.15, 0.2) is 11.5 Å². The van der Waals surface area contributed by atoms with Crippen LogP contribution in [0.15, 0.2) is 29.6 Å². The fourth-order valence-corrected chi connectivity index (χ4v) is 4.42. The maximum Gasteiger partial charge on any atom is 0.319 e. The Balaban J connectivity index is 1.70. The molecule has 0 atom stereocenters. The van der Waals surface area contributed by atoms with Crippen molar-refractivity contribution in [3.05, 3.63) is 34.5 Å². The summed E-state index contributed by atoms with van der Waals surface area (Å²) in [6, 6.07) is 7.30. The molecule has 1 fully saturated rings. The van der Waals surface area contributed by atoms with Crippen molar-refractivity contribution in [1.82, 2.24) is 5.32 Å². The quantitative estimate of drug-likeness (QED) is 0.734. The van der Waals surface area contributed by atoms with Gasteiger partial charge in [0.2, 0.25) is 5.75 Å². The smallest absolute Gasteiger partial charge is 0.319 e. The van der Waals surface area contributed by atoms with Gasteiger partial charge in [-0.1, -0.05) is 6.07 Å². The maximum atomic E-state index is 12.6. The maximum absolute atomic E-state index is 12.6. The Hall–Kier alpha value is -2.45. The van der Waals surface area contributed by atoms with Crippen LogP contribution in [0.5, 0.6) is 17.2 Å². The van der Waals surface area contributed by atoms with Gasteiger partial charge < -0.3 is 29.6 Å². The molecule has 0 spiro atoms. The molecule has 3 rings (SSSR count). The Morgan fingerprint density at radius 1 is 1.14 bits per heavy atom. The molecule has 0 saturated carbocycles. The second kappa shape index (κ2) is 9.16. The number of benzene rings is 1. The van der Waals surface area contributed by atoms with Crippen LogP contribution in [0.25, 0.3) is 0 Å². The average Bonchev–Trinajstić information content (AvgIpc) is 3.28. The lowest BCUT2D eigenvalue weighted by Crippen LogP contribution is -2.45. The zero-order chi connectivity index (χ0) is 20.0. The highest BCUT2D eigenvalue weighted by atomic mass is 32.1. The van der Waals surface area contributed by atoms with E-state index in [1.165, 1.54) is 26.2 Å². The summed E-state index contributed by atoms with van der Waals surface area (Å²) in [5.41, 5.74) is 0.475. The number of urea groups is 1. The molecule has 0 bridgehead atoms. The van der Waals surface area contributed by atoms with Crippen LogP contribution >= 0.6 is 11.3 Å². The summed E-state index contributed by atoms with van der Waals surface area (Å²) in [5.74, 6) is 1.45. The first-order valence-electron chi connectivity index (χ1n) is 9.08. The van der Waals surface area contributed by atoms with E-state index in [1.807, 2.05) is 6.07 Å². The number of nitrogens with one attached hydrogen (secondary N) is 2. The molecule has 7 nitrogen and oxygen atoms in total. The van der Waals surface area contributed by atoms with Gasteiger partial charge in [0.1, 0.15) is 0 Å². The SMILES string of the molecule is COc1cc(NC(=O)NCC2(c3cccs3)CCOCC2)cc(OC)c1OC. The first-order chi connectivity index (χ1) is 13.6. The van der Waals surface area contributed by atoms with Crippen molar-refractivity contribution in [2.45, 2.75) is 18.3 Å². The lowest BCUT2D eigenvalue weighted by atomic mass is 9.78. The molecule has 28 heavy (non-hydrogen) atoms. The lowest BCUT2D eigenvalue weighted by molar-refractivity contribution is 0.0521. The minimum atomic E-state index is -0.281. The van der Waals surface area contributed by atoms with Gasteiger partial charge in [-0.15, -0.1) is 11.3 Å². The van der Waals surface area contributed by atoms with Gasteiger partial charge in [0, 0.05) is 42.2 Å². The number of carbonyl (C=O) groups excluding carboxylic acids is 1. The molecule has 1 saturated heterocycles. The third-order valence-corrected chi connectivity index (χ3v) is 6.12. The number of methoxy groups -OCH3 is 3. The minimum Gasteiger partial charge on any atom is -0.493 e. The number of hydrogen-bond acceptors (Lipinski definition) is 6. The minimum absolute atomic E-state index is 0.0843. The number of rotatable bonds is 7. The molecule has 2 N–H and O–H groups in total. The van der Waals surface area contributed by atoms with Crippen LogP contribution in [0.3, 0.4) is 0 Å². The summed E-state index contributed by atoms with van der Waals surface area (Å²) in [6.07, 6.45) is 1.77. The Morgan fingerprint density at radius 2 is 1.82 bits per heavy atom. The van der Waals surface area contributed by atoms with Crippen molar-refractivity contribution in [3.8, 4) is 17.2 Å². The van der Waals surface area contributed by atoms with E-state index in [1.54, 1.807) is 23.5 Å². The molecule has 152 valence electrons. The standard InChI is InChI=1S/C20H26N2O5S/c1-24-15-11-14(12-16(25-2)18(15)26-3)22-19(23)21-13-20(6-8-27-9-7-20)17-5-4-10-28-17/h4-5,10-12H,6-9,13H2,1-3H3,(H2,21,22,23). The van der Waals surface area contributed by atoms with E-state index in [4.69, 9.17) is 18.9 Å². The fraction of sp³-hybridized carbons (Fsp3) is 0.450. The van der Waals surface area contributed by atoms with Crippen LogP contribution in [0, 0.1) is 0 Å². The molecule has 2 amide bonds. The monoisotopic (exact) mass is 406 g/mol. The largest absolute Gasteiger partial charge is 0.493 e. The molecular formula is C20H26N2O5S. The van der Waals surface area contributed by atoms with E-state index in [0.717, 1.165) is 12.8 Å². The first kappa shape index (κ1) is 20.3. The predicted octanol–water partition coefficient (Wildman–Crippen LogP) is 3.64. The lowest BCUT2D eigenvalue weighted by Gasteiger charge is -2.36. The molecule has 1 aromatic heterocycles. The number of hydrogen-bond donors (Lipinski definition) is 2. The summed E-state index contributed by atoms with van der Waals surface area (Å²) in [5, 5.41) is 7.94. The zero-order valence-corrected chi connectivity index (χ0v) is 17.2. The molecule has 2 heterocycles. The highest BCUT2D eigenvalue weighted by Gasteiger charge is 2.35. The topological polar surface area (TPSA) is 78.1 Å². The van der Waals surface area contributed by atoms with E-state index in [-0.39, 0.29) is 11.4 Å². The molecule has 1 aliphatic rings. The second-order valence-corrected chi connectivity index (χ2v) is 7.54. The zero-order valence-electron chi connectivity index (χ0n) is 16.4. The number of ether oxygens (including phenoxy) is 4. The summed E-state index contributed by atoms with van der Waals surface area (Å²) in [7, 11) is 4.62. The van der Waals surface area contributed by atoms with Gasteiger partial charge in [-0.3, -0.25) is 0 Å². The summed E-state index contributed by atoms with van der Waals surface area (Å²) in [4.78, 5) is 13.8. The van der Waals surface area contributed by atoms with Crippen LogP contribution in [0.1, 0.15) is 17.7 Å². The van der Waals surface area contributed by atoms with Crippen LogP contribution < -0.4 is 24.8 Å². The van der Waals surface area contributed by atoms with Gasteiger partial charge >= 0.3 is 6.03 Å². The normalized spacial score (nSPS) is 15.5. The van der Waals surface area contributed by atoms with E-state index in [0.29, 0.717) is 42.7 Å². The van der Waals surface area contributed by atoms with Crippen molar-refractivity contribution in [1.29, 1.82) is 0 Å². The third-order valence-electron chi connectivity index (χ3n) is 5.00. The van der Waals surface area contributed by atoms with Crippen LogP contribution in [0.4, 0.5) is 10.5 Å². The second-order valence-electron chi connectivity index (χ2n) is 6.59. The van der Waals surface area contributed by atoms with E-state index in [9.17, 15) is 4.79 Å². The summed E-state index contributed by atoms with van der Waals surface area (Å²) < 4.78 is 21.5. The molecule has 1 aliphatic heterocycles. The van der Waals surface area contributed by atoms with Gasteiger partial charge in [-0.05, 0) is 24.3 Å². The van der Waals surface area contributed by atoms with Gasteiger partial charge in [0.05, 0.1) is 27.0 Å². The van der Waals surface area contributed by atoms with Crippen molar-refractivity contribution >= 4 is 23.1 Å². The summed E-state index contributed by atoms with van der Waals surface area (Å²) in [6.45, 7) is 1.95. The highest BCUT2D eigenvalue weighted by Crippen LogP contribution is 2.40. The van der Waals surface area contributed by atoms with Crippen molar-refractivity contribution in [2.75, 3.05) is 46.4 Å². The third kappa shape index (κ3) is 4.34. The molecule has 2 aromatic rings. The van der Waals surface area contributed by atoms with Gasteiger partial charge in [-0.25, -0.2) is 4.79 Å². The highest BCUT2D eigenvalue weighted by molar-refractivity contribution is 7.10. The molecule has 0 radical (unpaired) electrons. The molecule has 0 aliphatic carbocycles. The van der Waals surface area contributed by atoms with Crippen molar-refractivity contribution < 1.29 is 23.7 Å². The van der Waals surface area contributed by atoms with Crippen molar-refractivity contribution in [2.24, 2.45) is 0 Å². The van der Waals surface area contributed by atoms with E-state index < -0.39 is 0 Å². The van der Waals surface area contributed by atoms with Gasteiger partial charge in [-0.2, -0.15) is 0 Å². The number of thiophene rings is 1. The molecule has 8 heteroatoms. The van der Waals surface area contributed by atoms with E-state index >= 15 is 0 Å². The summed E-state index contributed by atoms with van der Waals surface area (Å²) >= 11 is 1.72. The Labute approximate surface area is 168 Å². The van der Waals surface area contributed by atoms with E-state index in [2.05, 4.69) is 22.1 Å².